The van der Waals surface area contributed by atoms with E-state index >= 15 is 0 Å². The van der Waals surface area contributed by atoms with Gasteiger partial charge >= 0.3 is 0 Å². The number of ether oxygens (including phenoxy) is 1. The van der Waals surface area contributed by atoms with Crippen molar-refractivity contribution >= 4 is 5.91 Å². The van der Waals surface area contributed by atoms with Gasteiger partial charge in [-0.2, -0.15) is 5.26 Å². The van der Waals surface area contributed by atoms with Gasteiger partial charge in [-0.3, -0.25) is 4.79 Å². The topological polar surface area (TPSA) is 56.3 Å². The van der Waals surface area contributed by atoms with E-state index in [1.54, 1.807) is 4.90 Å². The molecule has 3 aromatic rings. The first-order valence-electron chi connectivity index (χ1n) is 10.1. The van der Waals surface area contributed by atoms with Crippen LogP contribution in [0.2, 0.25) is 0 Å². The van der Waals surface area contributed by atoms with Crippen LogP contribution in [0, 0.1) is 11.5 Å². The molecule has 2 heterocycles. The van der Waals surface area contributed by atoms with Crippen molar-refractivity contribution in [2.45, 2.75) is 25.0 Å². The number of nitriles is 1. The van der Waals surface area contributed by atoms with E-state index in [1.165, 1.54) is 0 Å². The van der Waals surface area contributed by atoms with Crippen molar-refractivity contribution in [3.8, 4) is 28.8 Å². The average Bonchev–Trinajstić information content (AvgIpc) is 3.42. The Bertz CT molecular complexity index is 1120. The molecule has 2 aliphatic heterocycles. The minimum Gasteiger partial charge on any atom is -0.457 e. The molecule has 5 heteroatoms. The second-order valence-corrected chi connectivity index (χ2v) is 7.75. The summed E-state index contributed by atoms with van der Waals surface area (Å²) < 4.78 is 6.07. The molecular weight excluding hydrogens is 374 g/mol. The number of carbonyl (C=O) groups excluding carboxylic acids is 1. The maximum Gasteiger partial charge on any atom is 0.254 e. The van der Waals surface area contributed by atoms with E-state index in [2.05, 4.69) is 6.19 Å². The SMILES string of the molecule is CC1[C@H]2C(CN1C#N)N2C(=O)c1ccc(-c2ccccc2Oc2ccccc2)cc1. The first-order chi connectivity index (χ1) is 14.7. The van der Waals surface area contributed by atoms with E-state index in [0.29, 0.717) is 12.1 Å². The molecule has 0 aliphatic carbocycles. The van der Waals surface area contributed by atoms with Crippen LogP contribution in [-0.4, -0.2) is 40.4 Å². The highest BCUT2D eigenvalue weighted by Gasteiger charge is 2.60. The first-order valence-corrected chi connectivity index (χ1v) is 10.1. The molecule has 5 rings (SSSR count). The number of fused-ring (bicyclic) bond motifs is 1. The van der Waals surface area contributed by atoms with Gasteiger partial charge in [0.2, 0.25) is 0 Å². The largest absolute Gasteiger partial charge is 0.457 e. The molecule has 0 saturated carbocycles. The van der Waals surface area contributed by atoms with Crippen LogP contribution >= 0.6 is 0 Å². The zero-order chi connectivity index (χ0) is 20.7. The molecule has 0 N–H and O–H groups in total. The molecule has 1 amide bonds. The third-order valence-corrected chi connectivity index (χ3v) is 6.02. The van der Waals surface area contributed by atoms with Crippen LogP contribution < -0.4 is 4.74 Å². The van der Waals surface area contributed by atoms with Gasteiger partial charge in [0.05, 0.1) is 24.7 Å². The standard InChI is InChI=1S/C25H21N3O2/c1-17-24-22(15-27(17)16-26)28(24)25(29)19-13-11-18(12-14-19)21-9-5-6-10-23(21)30-20-7-3-2-4-8-20/h2-14,17,22,24H,15H2,1H3/t17?,22?,24-,28?/m0/s1. The number of hydrogen-bond acceptors (Lipinski definition) is 4. The first kappa shape index (κ1) is 18.3. The van der Waals surface area contributed by atoms with Gasteiger partial charge in [-0.15, -0.1) is 0 Å². The van der Waals surface area contributed by atoms with Crippen LogP contribution in [0.15, 0.2) is 78.9 Å². The Morgan fingerprint density at radius 2 is 1.70 bits per heavy atom. The number of piperazine rings is 1. The summed E-state index contributed by atoms with van der Waals surface area (Å²) in [5, 5.41) is 9.13. The fourth-order valence-corrected chi connectivity index (χ4v) is 4.37. The van der Waals surface area contributed by atoms with Crippen LogP contribution in [0.3, 0.4) is 0 Å². The van der Waals surface area contributed by atoms with Crippen molar-refractivity contribution in [2.24, 2.45) is 0 Å². The zero-order valence-corrected chi connectivity index (χ0v) is 16.6. The van der Waals surface area contributed by atoms with Gasteiger partial charge in [-0.25, -0.2) is 0 Å². The van der Waals surface area contributed by atoms with Crippen molar-refractivity contribution in [1.29, 1.82) is 5.26 Å². The van der Waals surface area contributed by atoms with Gasteiger partial charge in [-0.05, 0) is 42.8 Å². The number of rotatable bonds is 4. The lowest BCUT2D eigenvalue weighted by atomic mass is 10.0. The third-order valence-electron chi connectivity index (χ3n) is 6.02. The van der Waals surface area contributed by atoms with Gasteiger partial charge in [0.15, 0.2) is 6.19 Å². The Morgan fingerprint density at radius 1 is 1.00 bits per heavy atom. The molecule has 148 valence electrons. The second kappa shape index (κ2) is 7.23. The Morgan fingerprint density at radius 3 is 2.37 bits per heavy atom. The van der Waals surface area contributed by atoms with Crippen molar-refractivity contribution in [1.82, 2.24) is 9.80 Å². The number of amides is 1. The van der Waals surface area contributed by atoms with Crippen LogP contribution in [0.25, 0.3) is 11.1 Å². The maximum atomic E-state index is 12.9. The maximum absolute atomic E-state index is 12.9. The third kappa shape index (κ3) is 3.07. The monoisotopic (exact) mass is 395 g/mol. The number of carbonyl (C=O) groups is 1. The fourth-order valence-electron chi connectivity index (χ4n) is 4.37. The molecule has 30 heavy (non-hydrogen) atoms. The van der Waals surface area contributed by atoms with E-state index in [4.69, 9.17) is 10.00 Å². The summed E-state index contributed by atoms with van der Waals surface area (Å²) in [6, 6.07) is 25.6. The Labute approximate surface area is 175 Å². The van der Waals surface area contributed by atoms with E-state index < -0.39 is 0 Å². The molecule has 3 atom stereocenters. The molecule has 5 nitrogen and oxygen atoms in total. The lowest BCUT2D eigenvalue weighted by Gasteiger charge is -2.21. The zero-order valence-electron chi connectivity index (χ0n) is 16.6. The van der Waals surface area contributed by atoms with Gasteiger partial charge in [0.1, 0.15) is 11.5 Å². The fraction of sp³-hybridized carbons (Fsp3) is 0.200. The quantitative estimate of drug-likeness (QED) is 0.481. The highest BCUT2D eigenvalue weighted by atomic mass is 16.5. The number of likely N-dealkylation sites (tertiary alicyclic amines) is 1. The van der Waals surface area contributed by atoms with Crippen LogP contribution in [0.1, 0.15) is 17.3 Å². The second-order valence-electron chi connectivity index (χ2n) is 7.75. The van der Waals surface area contributed by atoms with Gasteiger partial charge in [-0.1, -0.05) is 48.5 Å². The number of nitrogens with zero attached hydrogens (tertiary/aromatic N) is 3. The van der Waals surface area contributed by atoms with Gasteiger partial charge in [0.25, 0.3) is 5.91 Å². The predicted molar refractivity (Wildman–Crippen MR) is 114 cm³/mol. The lowest BCUT2D eigenvalue weighted by molar-refractivity contribution is 0.0832. The summed E-state index contributed by atoms with van der Waals surface area (Å²) in [6.07, 6.45) is 2.21. The molecule has 0 aromatic heterocycles. The summed E-state index contributed by atoms with van der Waals surface area (Å²) in [5.74, 6) is 1.59. The number of benzene rings is 3. The molecule has 2 saturated heterocycles. The average molecular weight is 395 g/mol. The van der Waals surface area contributed by atoms with Crippen molar-refractivity contribution in [3.63, 3.8) is 0 Å². The van der Waals surface area contributed by atoms with Crippen molar-refractivity contribution in [2.75, 3.05) is 6.54 Å². The minimum atomic E-state index is 0.0369. The summed E-state index contributed by atoms with van der Waals surface area (Å²) >= 11 is 0. The lowest BCUT2D eigenvalue weighted by Crippen LogP contribution is -2.35. The highest BCUT2D eigenvalue weighted by molar-refractivity contribution is 5.97. The summed E-state index contributed by atoms with van der Waals surface area (Å²) in [7, 11) is 0. The van der Waals surface area contributed by atoms with Crippen molar-refractivity contribution < 1.29 is 9.53 Å². The molecule has 0 radical (unpaired) electrons. The van der Waals surface area contributed by atoms with Gasteiger partial charge in [0, 0.05) is 11.1 Å². The molecule has 0 spiro atoms. The Hall–Kier alpha value is -3.78. The number of hydrogen-bond donors (Lipinski definition) is 0. The molecule has 2 unspecified atom stereocenters. The van der Waals surface area contributed by atoms with Crippen molar-refractivity contribution in [3.05, 3.63) is 84.4 Å². The van der Waals surface area contributed by atoms with Crippen LogP contribution in [-0.2, 0) is 0 Å². The van der Waals surface area contributed by atoms with E-state index in [9.17, 15) is 4.79 Å². The van der Waals surface area contributed by atoms with E-state index in [0.717, 1.165) is 22.6 Å². The normalized spacial score (nSPS) is 21.7. The summed E-state index contributed by atoms with van der Waals surface area (Å²) in [5.41, 5.74) is 2.64. The summed E-state index contributed by atoms with van der Waals surface area (Å²) in [4.78, 5) is 16.6. The molecule has 3 aromatic carbocycles. The van der Waals surface area contributed by atoms with Gasteiger partial charge < -0.3 is 14.5 Å². The summed E-state index contributed by atoms with van der Waals surface area (Å²) in [6.45, 7) is 2.64. The Balaban J connectivity index is 1.34. The minimum absolute atomic E-state index is 0.0369. The van der Waals surface area contributed by atoms with E-state index in [1.807, 2.05) is 90.7 Å². The molecule has 2 fully saturated rings. The molecular formula is C25H21N3O2. The van der Waals surface area contributed by atoms with E-state index in [-0.39, 0.29) is 24.0 Å². The predicted octanol–water partition coefficient (Wildman–Crippen LogP) is 4.52. The van der Waals surface area contributed by atoms with Crippen LogP contribution in [0.4, 0.5) is 0 Å². The Kier molecular flexibility index (Phi) is 4.40. The smallest absolute Gasteiger partial charge is 0.254 e. The van der Waals surface area contributed by atoms with Crippen LogP contribution in [0.5, 0.6) is 11.5 Å². The molecule has 2 aliphatic rings. The highest BCUT2D eigenvalue weighted by Crippen LogP contribution is 2.41. The molecule has 0 bridgehead atoms. The number of para-hydroxylation sites is 2.